The molecule has 0 saturated carbocycles. The first-order chi connectivity index (χ1) is 8.33. The number of methoxy groups -OCH3 is 1. The Morgan fingerprint density at radius 3 is 2.76 bits per heavy atom. The van der Waals surface area contributed by atoms with Crippen LogP contribution in [0.1, 0.15) is 12.8 Å². The van der Waals surface area contributed by atoms with E-state index in [1.165, 1.54) is 18.5 Å². The SMILES string of the molecule is COc1ccc(N2CCCC(CON)C2)cc1. The third-order valence-corrected chi connectivity index (χ3v) is 3.29. The molecular weight excluding hydrogens is 216 g/mol. The maximum Gasteiger partial charge on any atom is 0.119 e. The van der Waals surface area contributed by atoms with Crippen molar-refractivity contribution in [2.24, 2.45) is 11.8 Å². The van der Waals surface area contributed by atoms with E-state index in [-0.39, 0.29) is 0 Å². The molecule has 1 saturated heterocycles. The zero-order valence-electron chi connectivity index (χ0n) is 10.3. The summed E-state index contributed by atoms with van der Waals surface area (Å²) in [5, 5.41) is 0. The Bertz CT molecular complexity index is 338. The number of piperidine rings is 1. The van der Waals surface area contributed by atoms with Crippen LogP contribution in [0.5, 0.6) is 5.75 Å². The van der Waals surface area contributed by atoms with Crippen LogP contribution in [0, 0.1) is 5.92 Å². The summed E-state index contributed by atoms with van der Waals surface area (Å²) in [5.74, 6) is 6.58. The summed E-state index contributed by atoms with van der Waals surface area (Å²) in [4.78, 5) is 7.14. The van der Waals surface area contributed by atoms with Gasteiger partial charge < -0.3 is 14.5 Å². The Kier molecular flexibility index (Phi) is 4.23. The van der Waals surface area contributed by atoms with Gasteiger partial charge in [-0.05, 0) is 37.1 Å². The molecule has 1 aromatic rings. The number of rotatable bonds is 4. The maximum atomic E-state index is 5.16. The molecule has 2 N–H and O–H groups in total. The molecule has 1 aliphatic rings. The molecule has 1 fully saturated rings. The van der Waals surface area contributed by atoms with Crippen LogP contribution in [-0.4, -0.2) is 26.8 Å². The van der Waals surface area contributed by atoms with Gasteiger partial charge in [0.1, 0.15) is 5.75 Å². The Hall–Kier alpha value is -1.26. The van der Waals surface area contributed by atoms with E-state index in [0.717, 1.165) is 18.8 Å². The van der Waals surface area contributed by atoms with Crippen molar-refractivity contribution in [3.8, 4) is 5.75 Å². The first kappa shape index (κ1) is 12.2. The monoisotopic (exact) mass is 236 g/mol. The topological polar surface area (TPSA) is 47.7 Å². The molecule has 1 atom stereocenters. The van der Waals surface area contributed by atoms with Crippen molar-refractivity contribution in [1.82, 2.24) is 0 Å². The lowest BCUT2D eigenvalue weighted by molar-refractivity contribution is 0.0951. The van der Waals surface area contributed by atoms with Gasteiger partial charge in [0, 0.05) is 24.7 Å². The zero-order valence-corrected chi connectivity index (χ0v) is 10.3. The van der Waals surface area contributed by atoms with Crippen LogP contribution in [0.4, 0.5) is 5.69 Å². The first-order valence-corrected chi connectivity index (χ1v) is 6.04. The minimum absolute atomic E-state index is 0.538. The number of benzene rings is 1. The lowest BCUT2D eigenvalue weighted by Gasteiger charge is -2.34. The van der Waals surface area contributed by atoms with Crippen molar-refractivity contribution in [3.63, 3.8) is 0 Å². The third kappa shape index (κ3) is 3.11. The summed E-state index contributed by atoms with van der Waals surface area (Å²) in [5.41, 5.74) is 1.24. The highest BCUT2D eigenvalue weighted by molar-refractivity contribution is 5.49. The fourth-order valence-electron chi connectivity index (χ4n) is 2.36. The molecule has 2 rings (SSSR count). The lowest BCUT2D eigenvalue weighted by Crippen LogP contribution is -2.37. The Morgan fingerprint density at radius 1 is 1.35 bits per heavy atom. The van der Waals surface area contributed by atoms with E-state index in [1.54, 1.807) is 7.11 Å². The second kappa shape index (κ2) is 5.89. The molecule has 0 amide bonds. The van der Waals surface area contributed by atoms with E-state index < -0.39 is 0 Å². The van der Waals surface area contributed by atoms with Gasteiger partial charge in [0.25, 0.3) is 0 Å². The highest BCUT2D eigenvalue weighted by Crippen LogP contribution is 2.25. The number of nitrogens with two attached hydrogens (primary N) is 1. The summed E-state index contributed by atoms with van der Waals surface area (Å²) in [6.45, 7) is 2.77. The molecule has 1 unspecified atom stereocenters. The Labute approximate surface area is 102 Å². The van der Waals surface area contributed by atoms with E-state index in [9.17, 15) is 0 Å². The number of nitrogens with zero attached hydrogens (tertiary/aromatic N) is 1. The summed E-state index contributed by atoms with van der Waals surface area (Å²) >= 11 is 0. The number of anilines is 1. The van der Waals surface area contributed by atoms with Gasteiger partial charge in [-0.25, -0.2) is 5.90 Å². The number of hydrogen-bond donors (Lipinski definition) is 1. The highest BCUT2D eigenvalue weighted by atomic mass is 16.6. The van der Waals surface area contributed by atoms with E-state index in [2.05, 4.69) is 17.0 Å². The van der Waals surface area contributed by atoms with Gasteiger partial charge in [0.15, 0.2) is 0 Å². The molecule has 4 nitrogen and oxygen atoms in total. The lowest BCUT2D eigenvalue weighted by atomic mass is 9.98. The maximum absolute atomic E-state index is 5.16. The zero-order chi connectivity index (χ0) is 12.1. The third-order valence-electron chi connectivity index (χ3n) is 3.29. The molecule has 1 aromatic carbocycles. The molecular formula is C13H20N2O2. The second-order valence-corrected chi connectivity index (χ2v) is 4.49. The van der Waals surface area contributed by atoms with Crippen LogP contribution >= 0.6 is 0 Å². The molecule has 94 valence electrons. The van der Waals surface area contributed by atoms with Crippen LogP contribution in [0.2, 0.25) is 0 Å². The normalized spacial score (nSPS) is 20.4. The minimum atomic E-state index is 0.538. The fraction of sp³-hybridized carbons (Fsp3) is 0.538. The predicted molar refractivity (Wildman–Crippen MR) is 68.1 cm³/mol. The Morgan fingerprint density at radius 2 is 2.12 bits per heavy atom. The molecule has 17 heavy (non-hydrogen) atoms. The number of ether oxygens (including phenoxy) is 1. The van der Waals surface area contributed by atoms with Crippen molar-refractivity contribution < 1.29 is 9.57 Å². The van der Waals surface area contributed by atoms with Gasteiger partial charge >= 0.3 is 0 Å². The van der Waals surface area contributed by atoms with Crippen molar-refractivity contribution in [3.05, 3.63) is 24.3 Å². The van der Waals surface area contributed by atoms with Crippen LogP contribution < -0.4 is 15.5 Å². The first-order valence-electron chi connectivity index (χ1n) is 6.04. The fourth-order valence-corrected chi connectivity index (χ4v) is 2.36. The Balaban J connectivity index is 2.00. The van der Waals surface area contributed by atoms with Crippen molar-refractivity contribution >= 4 is 5.69 Å². The largest absolute Gasteiger partial charge is 0.497 e. The summed E-state index contributed by atoms with van der Waals surface area (Å²) < 4.78 is 5.16. The van der Waals surface area contributed by atoms with Crippen LogP contribution in [0.25, 0.3) is 0 Å². The predicted octanol–water partition coefficient (Wildman–Crippen LogP) is 1.80. The average Bonchev–Trinajstić information content (AvgIpc) is 2.40. The van der Waals surface area contributed by atoms with Crippen molar-refractivity contribution in [2.75, 3.05) is 31.7 Å². The van der Waals surface area contributed by atoms with E-state index >= 15 is 0 Å². The number of hydrogen-bond acceptors (Lipinski definition) is 4. The van der Waals surface area contributed by atoms with E-state index in [1.807, 2.05) is 12.1 Å². The standard InChI is InChI=1S/C13H20N2O2/c1-16-13-6-4-12(5-7-13)15-8-2-3-11(9-15)10-17-14/h4-7,11H,2-3,8-10,14H2,1H3. The molecule has 0 radical (unpaired) electrons. The molecule has 0 aliphatic carbocycles. The minimum Gasteiger partial charge on any atom is -0.497 e. The molecule has 1 aliphatic heterocycles. The second-order valence-electron chi connectivity index (χ2n) is 4.49. The van der Waals surface area contributed by atoms with Crippen molar-refractivity contribution in [2.45, 2.75) is 12.8 Å². The quantitative estimate of drug-likeness (QED) is 0.810. The van der Waals surface area contributed by atoms with Crippen molar-refractivity contribution in [1.29, 1.82) is 0 Å². The van der Waals surface area contributed by atoms with Crippen LogP contribution in [0.15, 0.2) is 24.3 Å². The molecule has 0 spiro atoms. The smallest absolute Gasteiger partial charge is 0.119 e. The van der Waals surface area contributed by atoms with E-state index in [0.29, 0.717) is 12.5 Å². The van der Waals surface area contributed by atoms with Gasteiger partial charge in [0.2, 0.25) is 0 Å². The van der Waals surface area contributed by atoms with E-state index in [4.69, 9.17) is 15.5 Å². The summed E-state index contributed by atoms with van der Waals surface area (Å²) in [6, 6.07) is 8.20. The highest BCUT2D eigenvalue weighted by Gasteiger charge is 2.20. The molecule has 1 heterocycles. The van der Waals surface area contributed by atoms with Gasteiger partial charge in [0.05, 0.1) is 13.7 Å². The van der Waals surface area contributed by atoms with Gasteiger partial charge in [-0.1, -0.05) is 0 Å². The molecule has 4 heteroatoms. The van der Waals surface area contributed by atoms with Gasteiger partial charge in [-0.3, -0.25) is 0 Å². The van der Waals surface area contributed by atoms with Crippen LogP contribution in [0.3, 0.4) is 0 Å². The molecule has 0 bridgehead atoms. The summed E-state index contributed by atoms with van der Waals surface area (Å²) in [7, 11) is 1.69. The molecule has 0 aromatic heterocycles. The van der Waals surface area contributed by atoms with Gasteiger partial charge in [-0.15, -0.1) is 0 Å². The van der Waals surface area contributed by atoms with Gasteiger partial charge in [-0.2, -0.15) is 0 Å². The summed E-state index contributed by atoms with van der Waals surface area (Å²) in [6.07, 6.45) is 2.39. The average molecular weight is 236 g/mol. The van der Waals surface area contributed by atoms with Crippen LogP contribution in [-0.2, 0) is 4.84 Å².